The molecule has 0 aliphatic carbocycles. The summed E-state index contributed by atoms with van der Waals surface area (Å²) in [6, 6.07) is 4.92. The zero-order valence-corrected chi connectivity index (χ0v) is 15.3. The quantitative estimate of drug-likeness (QED) is 0.728. The molecule has 0 unspecified atom stereocenters. The average molecular weight is 438 g/mol. The zero-order chi connectivity index (χ0) is 22.0. The molecule has 1 amide bonds. The molecule has 0 aliphatic rings. The number of carbonyl (C=O) groups excluding carboxylic acids is 1. The van der Waals surface area contributed by atoms with Crippen molar-refractivity contribution in [1.82, 2.24) is 9.71 Å². The summed E-state index contributed by atoms with van der Waals surface area (Å²) in [5.74, 6) is -1.73. The average Bonchev–Trinajstić information content (AvgIpc) is 2.58. The molecule has 1 heterocycles. The Morgan fingerprint density at radius 1 is 1.03 bits per heavy atom. The van der Waals surface area contributed by atoms with Crippen molar-refractivity contribution in [2.24, 2.45) is 0 Å². The summed E-state index contributed by atoms with van der Waals surface area (Å²) in [4.78, 5) is 16.0. The van der Waals surface area contributed by atoms with Crippen LogP contribution in [-0.2, 0) is 22.4 Å². The van der Waals surface area contributed by atoms with Crippen molar-refractivity contribution < 1.29 is 39.6 Å². The second-order valence-electron chi connectivity index (χ2n) is 5.74. The lowest BCUT2D eigenvalue weighted by atomic mass is 10.0. The van der Waals surface area contributed by atoms with Crippen LogP contribution in [0.1, 0.15) is 32.9 Å². The Morgan fingerprint density at radius 3 is 2.24 bits per heavy atom. The van der Waals surface area contributed by atoms with E-state index in [0.717, 1.165) is 6.08 Å². The Morgan fingerprint density at radius 2 is 1.69 bits per heavy atom. The van der Waals surface area contributed by atoms with Crippen LogP contribution in [-0.4, -0.2) is 19.3 Å². The lowest BCUT2D eigenvalue weighted by Crippen LogP contribution is -2.31. The maximum absolute atomic E-state index is 13.1. The van der Waals surface area contributed by atoms with E-state index in [0.29, 0.717) is 11.1 Å². The summed E-state index contributed by atoms with van der Waals surface area (Å²) in [6.45, 7) is 1.64. The third kappa shape index (κ3) is 6.04. The minimum Gasteiger partial charge on any atom is -0.268 e. The van der Waals surface area contributed by atoms with E-state index < -0.39 is 45.0 Å². The number of carbonyl (C=O) groups is 1. The fourth-order valence-corrected chi connectivity index (χ4v) is 2.94. The van der Waals surface area contributed by atoms with Gasteiger partial charge in [-0.3, -0.25) is 9.78 Å². The molecule has 29 heavy (non-hydrogen) atoms. The topological polar surface area (TPSA) is 76.1 Å². The maximum atomic E-state index is 13.1. The molecule has 12 heteroatoms. The summed E-state index contributed by atoms with van der Waals surface area (Å²) in [6.07, 6.45) is -9.40. The lowest BCUT2D eigenvalue weighted by molar-refractivity contribution is -0.143. The molecule has 0 spiro atoms. The monoisotopic (exact) mass is 438 g/mol. The summed E-state index contributed by atoms with van der Waals surface area (Å²) in [5.41, 5.74) is -4.04. The van der Waals surface area contributed by atoms with Crippen molar-refractivity contribution >= 4 is 22.0 Å². The van der Waals surface area contributed by atoms with Gasteiger partial charge in [0.25, 0.3) is 15.9 Å². The van der Waals surface area contributed by atoms with E-state index in [2.05, 4.69) is 4.98 Å². The number of rotatable bonds is 4. The van der Waals surface area contributed by atoms with E-state index in [9.17, 15) is 39.6 Å². The van der Waals surface area contributed by atoms with Crippen LogP contribution < -0.4 is 4.72 Å². The van der Waals surface area contributed by atoms with Crippen LogP contribution in [0, 0.1) is 6.92 Å². The first-order chi connectivity index (χ1) is 13.2. The van der Waals surface area contributed by atoms with Gasteiger partial charge in [-0.1, -0.05) is 6.07 Å². The minimum atomic E-state index is -5.32. The molecular weight excluding hydrogens is 426 g/mol. The SMILES string of the molecule is Cc1cccc(/C=C/S(=O)(=O)NC(=O)c2ccc(C(F)(F)F)cc2C(F)(F)F)n1. The third-order valence-electron chi connectivity index (χ3n) is 3.46. The number of nitrogens with zero attached hydrogens (tertiary/aromatic N) is 1. The molecule has 0 aliphatic heterocycles. The van der Waals surface area contributed by atoms with Crippen molar-refractivity contribution in [3.8, 4) is 0 Å². The van der Waals surface area contributed by atoms with Gasteiger partial charge in [-0.15, -0.1) is 0 Å². The predicted molar refractivity (Wildman–Crippen MR) is 90.8 cm³/mol. The molecule has 2 rings (SSSR count). The molecule has 0 radical (unpaired) electrons. The Balaban J connectivity index is 2.34. The highest BCUT2D eigenvalue weighted by molar-refractivity contribution is 7.93. The number of nitrogens with one attached hydrogen (secondary N) is 1. The summed E-state index contributed by atoms with van der Waals surface area (Å²) >= 11 is 0. The zero-order valence-electron chi connectivity index (χ0n) is 14.5. The number of sulfonamides is 1. The minimum absolute atomic E-state index is 0.202. The van der Waals surface area contributed by atoms with Gasteiger partial charge in [0.2, 0.25) is 0 Å². The first-order valence-corrected chi connectivity index (χ1v) is 9.21. The van der Waals surface area contributed by atoms with Crippen LogP contribution in [0.4, 0.5) is 26.3 Å². The third-order valence-corrected chi connectivity index (χ3v) is 4.42. The number of aryl methyl sites for hydroxylation is 1. The highest BCUT2D eigenvalue weighted by Gasteiger charge is 2.39. The smallest absolute Gasteiger partial charge is 0.268 e. The number of benzene rings is 1. The van der Waals surface area contributed by atoms with Crippen LogP contribution >= 0.6 is 0 Å². The van der Waals surface area contributed by atoms with Gasteiger partial charge in [0, 0.05) is 5.69 Å². The largest absolute Gasteiger partial charge is 0.417 e. The van der Waals surface area contributed by atoms with Gasteiger partial charge in [0.05, 0.1) is 27.8 Å². The first-order valence-electron chi connectivity index (χ1n) is 7.66. The second-order valence-corrected chi connectivity index (χ2v) is 7.30. The van der Waals surface area contributed by atoms with Gasteiger partial charge in [-0.2, -0.15) is 26.3 Å². The Bertz CT molecular complexity index is 1060. The van der Waals surface area contributed by atoms with Crippen LogP contribution in [0.3, 0.4) is 0 Å². The molecule has 0 saturated heterocycles. The van der Waals surface area contributed by atoms with E-state index in [1.165, 1.54) is 10.8 Å². The van der Waals surface area contributed by atoms with Gasteiger partial charge in [0.15, 0.2) is 0 Å². The fourth-order valence-electron chi connectivity index (χ4n) is 2.19. The van der Waals surface area contributed by atoms with Gasteiger partial charge >= 0.3 is 12.4 Å². The number of alkyl halides is 6. The number of pyridine rings is 1. The molecule has 5 nitrogen and oxygen atoms in total. The van der Waals surface area contributed by atoms with E-state index in [1.54, 1.807) is 19.1 Å². The molecule has 0 saturated carbocycles. The number of hydrogen-bond donors (Lipinski definition) is 1. The van der Waals surface area contributed by atoms with Crippen molar-refractivity contribution in [2.75, 3.05) is 0 Å². The standard InChI is InChI=1S/C17H12F6N2O3S/c1-10-3-2-4-12(24-10)7-8-29(27,28)25-15(26)13-6-5-11(16(18,19)20)9-14(13)17(21,22)23/h2-9H,1H3,(H,25,26)/b8-7+. The molecule has 0 fully saturated rings. The Kier molecular flexibility index (Phi) is 6.07. The number of aromatic nitrogens is 1. The molecule has 1 aromatic heterocycles. The summed E-state index contributed by atoms with van der Waals surface area (Å²) in [7, 11) is -4.55. The van der Waals surface area contributed by atoms with Crippen LogP contribution in [0.5, 0.6) is 0 Å². The molecule has 0 bridgehead atoms. The predicted octanol–water partition coefficient (Wildman–Crippen LogP) is 4.16. The van der Waals surface area contributed by atoms with Gasteiger partial charge in [-0.25, -0.2) is 13.1 Å². The Labute approximate surface area is 161 Å². The summed E-state index contributed by atoms with van der Waals surface area (Å²) in [5, 5.41) is 0.504. The molecular formula is C17H12F6N2O3S. The molecule has 0 atom stereocenters. The lowest BCUT2D eigenvalue weighted by Gasteiger charge is -2.15. The van der Waals surface area contributed by atoms with E-state index in [-0.39, 0.29) is 23.9 Å². The maximum Gasteiger partial charge on any atom is 0.417 e. The van der Waals surface area contributed by atoms with Crippen molar-refractivity contribution in [3.63, 3.8) is 0 Å². The first kappa shape index (κ1) is 22.4. The normalized spacial score (nSPS) is 12.9. The number of amides is 1. The Hall–Kier alpha value is -2.89. The van der Waals surface area contributed by atoms with Gasteiger partial charge < -0.3 is 0 Å². The molecule has 1 N–H and O–H groups in total. The number of halogens is 6. The van der Waals surface area contributed by atoms with Gasteiger partial charge in [-0.05, 0) is 43.3 Å². The van der Waals surface area contributed by atoms with Crippen molar-refractivity contribution in [3.05, 3.63) is 69.9 Å². The highest BCUT2D eigenvalue weighted by Crippen LogP contribution is 2.37. The second kappa shape index (κ2) is 7.85. The molecule has 156 valence electrons. The van der Waals surface area contributed by atoms with E-state index in [4.69, 9.17) is 0 Å². The van der Waals surface area contributed by atoms with Crippen LogP contribution in [0.25, 0.3) is 6.08 Å². The van der Waals surface area contributed by atoms with Gasteiger partial charge in [0.1, 0.15) is 0 Å². The number of hydrogen-bond acceptors (Lipinski definition) is 4. The van der Waals surface area contributed by atoms with E-state index in [1.807, 2.05) is 0 Å². The summed E-state index contributed by atoms with van der Waals surface area (Å²) < 4.78 is 103. The van der Waals surface area contributed by atoms with Crippen LogP contribution in [0.15, 0.2) is 41.8 Å². The molecule has 1 aromatic carbocycles. The highest BCUT2D eigenvalue weighted by atomic mass is 32.2. The van der Waals surface area contributed by atoms with Crippen LogP contribution in [0.2, 0.25) is 0 Å². The fraction of sp³-hybridized carbons (Fsp3) is 0.176. The van der Waals surface area contributed by atoms with Crippen molar-refractivity contribution in [1.29, 1.82) is 0 Å². The van der Waals surface area contributed by atoms with Crippen molar-refractivity contribution in [2.45, 2.75) is 19.3 Å². The molecule has 2 aromatic rings. The van der Waals surface area contributed by atoms with E-state index >= 15 is 0 Å².